The first kappa shape index (κ1) is 15.5. The number of thiophene rings is 1. The Kier molecular flexibility index (Phi) is 6.01. The van der Waals surface area contributed by atoms with Gasteiger partial charge in [-0.3, -0.25) is 4.79 Å². The summed E-state index contributed by atoms with van der Waals surface area (Å²) in [5.74, 6) is 0.0130. The van der Waals surface area contributed by atoms with Crippen LogP contribution in [-0.2, 0) is 9.53 Å². The Hall–Kier alpha value is -0.910. The molecule has 1 unspecified atom stereocenters. The van der Waals surface area contributed by atoms with Crippen molar-refractivity contribution < 1.29 is 14.6 Å². The maximum Gasteiger partial charge on any atom is 0.308 e. The molecule has 1 aromatic rings. The van der Waals surface area contributed by atoms with E-state index in [0.717, 1.165) is 31.2 Å². The van der Waals surface area contributed by atoms with Crippen LogP contribution in [0.2, 0.25) is 0 Å². The van der Waals surface area contributed by atoms with Crippen LogP contribution in [0.4, 0.5) is 0 Å². The molecule has 5 heteroatoms. The number of hydrogen-bond acceptors (Lipinski definition) is 5. The van der Waals surface area contributed by atoms with E-state index < -0.39 is 6.10 Å². The molecule has 0 aliphatic heterocycles. The molecule has 0 aromatic carbocycles. The third kappa shape index (κ3) is 4.30. The van der Waals surface area contributed by atoms with E-state index in [2.05, 4.69) is 5.32 Å². The zero-order valence-electron chi connectivity index (χ0n) is 11.9. The maximum absolute atomic E-state index is 11.6. The highest BCUT2D eigenvalue weighted by Crippen LogP contribution is 2.26. The fourth-order valence-corrected chi connectivity index (χ4v) is 3.36. The predicted octanol–water partition coefficient (Wildman–Crippen LogP) is 2.49. The number of carbonyl (C=O) groups excluding carboxylic acids is 1. The second-order valence-electron chi connectivity index (χ2n) is 5.28. The van der Waals surface area contributed by atoms with Crippen molar-refractivity contribution in [3.05, 3.63) is 22.4 Å². The summed E-state index contributed by atoms with van der Waals surface area (Å²) in [5.41, 5.74) is 0.975. The second kappa shape index (κ2) is 7.76. The van der Waals surface area contributed by atoms with Crippen molar-refractivity contribution in [1.29, 1.82) is 0 Å². The lowest BCUT2D eigenvalue weighted by molar-refractivity contribution is -0.149. The van der Waals surface area contributed by atoms with Crippen molar-refractivity contribution in [1.82, 2.24) is 5.32 Å². The van der Waals surface area contributed by atoms with Gasteiger partial charge in [0.05, 0.1) is 18.6 Å². The van der Waals surface area contributed by atoms with Crippen LogP contribution >= 0.6 is 11.3 Å². The topological polar surface area (TPSA) is 58.6 Å². The van der Waals surface area contributed by atoms with Crippen molar-refractivity contribution in [2.75, 3.05) is 13.2 Å². The molecule has 1 aliphatic rings. The van der Waals surface area contributed by atoms with E-state index in [-0.39, 0.29) is 11.9 Å². The summed E-state index contributed by atoms with van der Waals surface area (Å²) in [5, 5.41) is 17.4. The molecule has 4 nitrogen and oxygen atoms in total. The highest BCUT2D eigenvalue weighted by atomic mass is 32.1. The molecule has 0 radical (unpaired) electrons. The number of aliphatic hydroxyl groups excluding tert-OH is 1. The van der Waals surface area contributed by atoms with Crippen LogP contribution in [0.5, 0.6) is 0 Å². The van der Waals surface area contributed by atoms with E-state index in [9.17, 15) is 9.90 Å². The second-order valence-corrected chi connectivity index (χ2v) is 6.06. The van der Waals surface area contributed by atoms with Crippen molar-refractivity contribution >= 4 is 17.3 Å². The zero-order chi connectivity index (χ0) is 14.4. The summed E-state index contributed by atoms with van der Waals surface area (Å²) >= 11 is 1.60. The summed E-state index contributed by atoms with van der Waals surface area (Å²) < 4.78 is 5.07. The van der Waals surface area contributed by atoms with Gasteiger partial charge in [0.2, 0.25) is 0 Å². The molecule has 20 heavy (non-hydrogen) atoms. The van der Waals surface area contributed by atoms with Crippen molar-refractivity contribution in [2.45, 2.75) is 44.8 Å². The predicted molar refractivity (Wildman–Crippen MR) is 79.7 cm³/mol. The molecular formula is C15H23NO3S. The molecule has 0 bridgehead atoms. The Morgan fingerprint density at radius 1 is 1.50 bits per heavy atom. The van der Waals surface area contributed by atoms with Gasteiger partial charge in [-0.05, 0) is 55.0 Å². The molecule has 0 saturated heterocycles. The van der Waals surface area contributed by atoms with E-state index in [1.54, 1.807) is 11.3 Å². The number of carbonyl (C=O) groups is 1. The summed E-state index contributed by atoms with van der Waals surface area (Å²) in [6.07, 6.45) is 3.26. The van der Waals surface area contributed by atoms with Gasteiger partial charge in [-0.2, -0.15) is 11.3 Å². The van der Waals surface area contributed by atoms with E-state index >= 15 is 0 Å². The van der Waals surface area contributed by atoms with Crippen LogP contribution in [-0.4, -0.2) is 30.3 Å². The molecule has 1 aromatic heterocycles. The Bertz CT molecular complexity index is 399. The first-order valence-electron chi connectivity index (χ1n) is 7.31. The van der Waals surface area contributed by atoms with Gasteiger partial charge >= 0.3 is 5.97 Å². The monoisotopic (exact) mass is 297 g/mol. The first-order valence-corrected chi connectivity index (χ1v) is 8.25. The van der Waals surface area contributed by atoms with Crippen LogP contribution in [0, 0.1) is 5.92 Å². The Morgan fingerprint density at radius 2 is 2.25 bits per heavy atom. The number of ether oxygens (including phenoxy) is 1. The molecule has 1 aliphatic carbocycles. The molecule has 1 heterocycles. The third-order valence-electron chi connectivity index (χ3n) is 3.87. The molecule has 0 amide bonds. The highest BCUT2D eigenvalue weighted by molar-refractivity contribution is 7.07. The Balaban J connectivity index is 1.68. The van der Waals surface area contributed by atoms with Gasteiger partial charge < -0.3 is 15.2 Å². The third-order valence-corrected chi connectivity index (χ3v) is 4.58. The molecule has 1 saturated carbocycles. The van der Waals surface area contributed by atoms with Gasteiger partial charge in [-0.1, -0.05) is 0 Å². The van der Waals surface area contributed by atoms with Gasteiger partial charge in [-0.15, -0.1) is 0 Å². The number of hydrogen-bond donors (Lipinski definition) is 2. The lowest BCUT2D eigenvalue weighted by Crippen LogP contribution is -2.37. The van der Waals surface area contributed by atoms with Crippen LogP contribution in [0.3, 0.4) is 0 Å². The molecule has 2 N–H and O–H groups in total. The summed E-state index contributed by atoms with van der Waals surface area (Å²) in [6, 6.07) is 2.35. The van der Waals surface area contributed by atoms with E-state index in [4.69, 9.17) is 4.74 Å². The first-order chi connectivity index (χ1) is 9.70. The molecular weight excluding hydrogens is 274 g/mol. The smallest absolute Gasteiger partial charge is 0.308 e. The Labute approximate surface area is 124 Å². The lowest BCUT2D eigenvalue weighted by Gasteiger charge is -2.28. The summed E-state index contributed by atoms with van der Waals surface area (Å²) in [4.78, 5) is 11.6. The number of nitrogens with one attached hydrogen (secondary N) is 1. The SMILES string of the molecule is CCOC(=O)C1CCC(NCC(O)c2ccsc2)CC1. The molecule has 2 rings (SSSR count). The zero-order valence-corrected chi connectivity index (χ0v) is 12.7. The minimum Gasteiger partial charge on any atom is -0.466 e. The van der Waals surface area contributed by atoms with Crippen LogP contribution in [0.15, 0.2) is 16.8 Å². The summed E-state index contributed by atoms with van der Waals surface area (Å²) in [6.45, 7) is 2.88. The average Bonchev–Trinajstić information content (AvgIpc) is 3.00. The normalized spacial score (nSPS) is 24.3. The average molecular weight is 297 g/mol. The van der Waals surface area contributed by atoms with Gasteiger partial charge in [0, 0.05) is 12.6 Å². The Morgan fingerprint density at radius 3 is 2.85 bits per heavy atom. The molecule has 1 fully saturated rings. The van der Waals surface area contributed by atoms with Crippen molar-refractivity contribution in [3.8, 4) is 0 Å². The van der Waals surface area contributed by atoms with E-state index in [0.29, 0.717) is 19.2 Å². The van der Waals surface area contributed by atoms with Gasteiger partial charge in [-0.25, -0.2) is 0 Å². The number of rotatable bonds is 6. The lowest BCUT2D eigenvalue weighted by atomic mass is 9.86. The van der Waals surface area contributed by atoms with Gasteiger partial charge in [0.15, 0.2) is 0 Å². The van der Waals surface area contributed by atoms with Crippen LogP contribution in [0.25, 0.3) is 0 Å². The number of aliphatic hydroxyl groups is 1. The molecule has 112 valence electrons. The van der Waals surface area contributed by atoms with Gasteiger partial charge in [0.1, 0.15) is 0 Å². The van der Waals surface area contributed by atoms with Crippen molar-refractivity contribution in [2.24, 2.45) is 5.92 Å². The molecule has 0 spiro atoms. The standard InChI is InChI=1S/C15H23NO3S/c1-2-19-15(18)11-3-5-13(6-4-11)16-9-14(17)12-7-8-20-10-12/h7-8,10-11,13-14,16-17H,2-6,9H2,1H3. The van der Waals surface area contributed by atoms with E-state index in [1.807, 2.05) is 23.8 Å². The van der Waals surface area contributed by atoms with Crippen molar-refractivity contribution in [3.63, 3.8) is 0 Å². The fraction of sp³-hybridized carbons (Fsp3) is 0.667. The minimum absolute atomic E-state index is 0.0516. The number of esters is 1. The maximum atomic E-state index is 11.6. The quantitative estimate of drug-likeness (QED) is 0.792. The summed E-state index contributed by atoms with van der Waals surface area (Å²) in [7, 11) is 0. The van der Waals surface area contributed by atoms with Crippen LogP contribution < -0.4 is 5.32 Å². The highest BCUT2D eigenvalue weighted by Gasteiger charge is 2.27. The molecule has 1 atom stereocenters. The largest absolute Gasteiger partial charge is 0.466 e. The fourth-order valence-electron chi connectivity index (χ4n) is 2.65. The minimum atomic E-state index is -0.441. The van der Waals surface area contributed by atoms with Crippen LogP contribution in [0.1, 0.15) is 44.3 Å². The van der Waals surface area contributed by atoms with E-state index in [1.165, 1.54) is 0 Å². The van der Waals surface area contributed by atoms with Gasteiger partial charge in [0.25, 0.3) is 0 Å².